The van der Waals surface area contributed by atoms with Crippen molar-refractivity contribution >= 4 is 11.8 Å². The van der Waals surface area contributed by atoms with Gasteiger partial charge < -0.3 is 4.90 Å². The van der Waals surface area contributed by atoms with Crippen LogP contribution in [-0.2, 0) is 0 Å². The fourth-order valence-corrected chi connectivity index (χ4v) is 1.97. The molecule has 0 saturated carbocycles. The molecular formula is C17H27N. The van der Waals surface area contributed by atoms with E-state index in [2.05, 4.69) is 69.3 Å². The van der Waals surface area contributed by atoms with E-state index in [0.29, 0.717) is 5.92 Å². The highest BCUT2D eigenvalue weighted by Gasteiger charge is 1.97. The van der Waals surface area contributed by atoms with Gasteiger partial charge in [0.2, 0.25) is 0 Å². The van der Waals surface area contributed by atoms with Gasteiger partial charge in [-0.1, -0.05) is 57.4 Å². The fourth-order valence-electron chi connectivity index (χ4n) is 1.97. The molecular weight excluding hydrogens is 218 g/mol. The largest absolute Gasteiger partial charge is 0.378 e. The van der Waals surface area contributed by atoms with E-state index in [0.717, 1.165) is 0 Å². The zero-order valence-electron chi connectivity index (χ0n) is 12.3. The molecule has 0 fully saturated rings. The average Bonchev–Trinajstić information content (AvgIpc) is 2.37. The van der Waals surface area contributed by atoms with E-state index in [9.17, 15) is 0 Å². The maximum absolute atomic E-state index is 2.33. The van der Waals surface area contributed by atoms with Crippen molar-refractivity contribution in [1.29, 1.82) is 0 Å². The molecule has 0 saturated heterocycles. The Morgan fingerprint density at radius 3 is 2.33 bits per heavy atom. The van der Waals surface area contributed by atoms with Gasteiger partial charge in [0.15, 0.2) is 0 Å². The summed E-state index contributed by atoms with van der Waals surface area (Å²) in [7, 11) is 4.14. The molecule has 18 heavy (non-hydrogen) atoms. The Kier molecular flexibility index (Phi) is 6.56. The lowest BCUT2D eigenvalue weighted by Crippen LogP contribution is -2.07. The molecule has 0 spiro atoms. The van der Waals surface area contributed by atoms with Crippen LogP contribution in [0.15, 0.2) is 30.3 Å². The van der Waals surface area contributed by atoms with E-state index in [-0.39, 0.29) is 0 Å². The standard InChI is InChI=1S/C17H27N/c1-5-6-7-8-15(2)9-10-16-11-13-17(14-12-16)18(3)4/h9-15H,5-8H2,1-4H3/b10-9+. The SMILES string of the molecule is CCCCCC(C)/C=C/c1ccc(N(C)C)cc1. The van der Waals surface area contributed by atoms with Crippen LogP contribution in [0.4, 0.5) is 5.69 Å². The highest BCUT2D eigenvalue weighted by molar-refractivity contribution is 5.55. The lowest BCUT2D eigenvalue weighted by Gasteiger charge is -2.12. The molecule has 1 aromatic carbocycles. The molecule has 0 radical (unpaired) electrons. The van der Waals surface area contributed by atoms with Crippen LogP contribution in [0.25, 0.3) is 6.08 Å². The van der Waals surface area contributed by atoms with E-state index in [1.54, 1.807) is 0 Å². The lowest BCUT2D eigenvalue weighted by molar-refractivity contribution is 0.577. The van der Waals surface area contributed by atoms with Gasteiger partial charge in [0.25, 0.3) is 0 Å². The van der Waals surface area contributed by atoms with E-state index < -0.39 is 0 Å². The molecule has 0 aliphatic heterocycles. The summed E-state index contributed by atoms with van der Waals surface area (Å²) < 4.78 is 0. The van der Waals surface area contributed by atoms with Crippen LogP contribution in [0.3, 0.4) is 0 Å². The van der Waals surface area contributed by atoms with Gasteiger partial charge in [-0.05, 0) is 30.0 Å². The lowest BCUT2D eigenvalue weighted by atomic mass is 10.0. The predicted octanol–water partition coefficient (Wildman–Crippen LogP) is 4.98. The molecule has 1 unspecified atom stereocenters. The highest BCUT2D eigenvalue weighted by Crippen LogP contribution is 2.16. The smallest absolute Gasteiger partial charge is 0.0361 e. The Balaban J connectivity index is 2.45. The number of allylic oxidation sites excluding steroid dienone is 1. The normalized spacial score (nSPS) is 12.9. The van der Waals surface area contributed by atoms with E-state index >= 15 is 0 Å². The van der Waals surface area contributed by atoms with Crippen molar-refractivity contribution in [1.82, 2.24) is 0 Å². The van der Waals surface area contributed by atoms with Crippen molar-refractivity contribution < 1.29 is 0 Å². The van der Waals surface area contributed by atoms with Crippen molar-refractivity contribution in [3.8, 4) is 0 Å². The molecule has 1 rings (SSSR count). The van der Waals surface area contributed by atoms with Crippen molar-refractivity contribution in [3.63, 3.8) is 0 Å². The summed E-state index contributed by atoms with van der Waals surface area (Å²) >= 11 is 0. The Morgan fingerprint density at radius 2 is 1.78 bits per heavy atom. The first-order valence-electron chi connectivity index (χ1n) is 7.09. The van der Waals surface area contributed by atoms with Crippen molar-refractivity contribution in [2.45, 2.75) is 39.5 Å². The number of hydrogen-bond donors (Lipinski definition) is 0. The molecule has 0 N–H and O–H groups in total. The van der Waals surface area contributed by atoms with Gasteiger partial charge in [-0.25, -0.2) is 0 Å². The molecule has 1 nitrogen and oxygen atoms in total. The third kappa shape index (κ3) is 5.39. The average molecular weight is 245 g/mol. The molecule has 0 aliphatic rings. The topological polar surface area (TPSA) is 3.24 Å². The highest BCUT2D eigenvalue weighted by atomic mass is 15.1. The molecule has 0 bridgehead atoms. The van der Waals surface area contributed by atoms with Crippen LogP contribution in [0.2, 0.25) is 0 Å². The van der Waals surface area contributed by atoms with Crippen molar-refractivity contribution in [2.24, 2.45) is 5.92 Å². The van der Waals surface area contributed by atoms with Gasteiger partial charge in [0.05, 0.1) is 0 Å². The van der Waals surface area contributed by atoms with E-state index in [4.69, 9.17) is 0 Å². The summed E-state index contributed by atoms with van der Waals surface area (Å²) in [6.07, 6.45) is 9.90. The third-order valence-corrected chi connectivity index (χ3v) is 3.29. The second-order valence-corrected chi connectivity index (χ2v) is 5.32. The third-order valence-electron chi connectivity index (χ3n) is 3.29. The first-order valence-corrected chi connectivity index (χ1v) is 7.09. The predicted molar refractivity (Wildman–Crippen MR) is 83.1 cm³/mol. The van der Waals surface area contributed by atoms with Gasteiger partial charge in [0.1, 0.15) is 0 Å². The summed E-state index contributed by atoms with van der Waals surface area (Å²) in [5.74, 6) is 0.685. The maximum atomic E-state index is 2.33. The quantitative estimate of drug-likeness (QED) is 0.612. The molecule has 0 aromatic heterocycles. The zero-order chi connectivity index (χ0) is 13.4. The van der Waals surface area contributed by atoms with Crippen LogP contribution < -0.4 is 4.90 Å². The van der Waals surface area contributed by atoms with Crippen molar-refractivity contribution in [2.75, 3.05) is 19.0 Å². The number of benzene rings is 1. The second-order valence-electron chi connectivity index (χ2n) is 5.32. The summed E-state index contributed by atoms with van der Waals surface area (Å²) in [6, 6.07) is 8.71. The minimum atomic E-state index is 0.685. The molecule has 0 heterocycles. The minimum absolute atomic E-state index is 0.685. The monoisotopic (exact) mass is 245 g/mol. The Morgan fingerprint density at radius 1 is 1.11 bits per heavy atom. The van der Waals surface area contributed by atoms with Gasteiger partial charge in [-0.3, -0.25) is 0 Å². The van der Waals surface area contributed by atoms with Crippen LogP contribution in [0.1, 0.15) is 45.1 Å². The van der Waals surface area contributed by atoms with Gasteiger partial charge in [-0.2, -0.15) is 0 Å². The maximum Gasteiger partial charge on any atom is 0.0361 e. The number of hydrogen-bond acceptors (Lipinski definition) is 1. The van der Waals surface area contributed by atoms with Crippen LogP contribution in [0, 0.1) is 5.92 Å². The summed E-state index contributed by atoms with van der Waals surface area (Å²) in [5, 5.41) is 0. The first-order chi connectivity index (χ1) is 8.63. The van der Waals surface area contributed by atoms with Gasteiger partial charge >= 0.3 is 0 Å². The number of anilines is 1. The minimum Gasteiger partial charge on any atom is -0.378 e. The fraction of sp³-hybridized carbons (Fsp3) is 0.529. The van der Waals surface area contributed by atoms with Crippen LogP contribution >= 0.6 is 0 Å². The van der Waals surface area contributed by atoms with Crippen LogP contribution in [-0.4, -0.2) is 14.1 Å². The summed E-state index contributed by atoms with van der Waals surface area (Å²) in [6.45, 7) is 4.56. The second kappa shape index (κ2) is 7.97. The molecule has 0 aliphatic carbocycles. The van der Waals surface area contributed by atoms with Gasteiger partial charge in [-0.15, -0.1) is 0 Å². The zero-order valence-corrected chi connectivity index (χ0v) is 12.3. The number of rotatable bonds is 7. The molecule has 100 valence electrons. The number of unbranched alkanes of at least 4 members (excludes halogenated alkanes) is 2. The van der Waals surface area contributed by atoms with Crippen molar-refractivity contribution in [3.05, 3.63) is 35.9 Å². The van der Waals surface area contributed by atoms with E-state index in [1.165, 1.54) is 36.9 Å². The van der Waals surface area contributed by atoms with Crippen LogP contribution in [0.5, 0.6) is 0 Å². The Hall–Kier alpha value is -1.24. The molecule has 1 aromatic rings. The molecule has 1 atom stereocenters. The summed E-state index contributed by atoms with van der Waals surface area (Å²) in [4.78, 5) is 2.13. The first kappa shape index (κ1) is 14.8. The Bertz CT molecular complexity index is 348. The molecule has 1 heteroatoms. The van der Waals surface area contributed by atoms with Gasteiger partial charge in [0, 0.05) is 19.8 Å². The Labute approximate surface area is 113 Å². The summed E-state index contributed by atoms with van der Waals surface area (Å²) in [5.41, 5.74) is 2.55. The molecule has 0 amide bonds. The van der Waals surface area contributed by atoms with E-state index in [1.807, 2.05) is 0 Å². The number of nitrogens with zero attached hydrogens (tertiary/aromatic N) is 1.